The van der Waals surface area contributed by atoms with Gasteiger partial charge < -0.3 is 9.47 Å². The van der Waals surface area contributed by atoms with E-state index in [4.69, 9.17) is 9.47 Å². The predicted molar refractivity (Wildman–Crippen MR) is 56.1 cm³/mol. The van der Waals surface area contributed by atoms with Crippen molar-refractivity contribution >= 4 is 5.97 Å². The second-order valence-electron chi connectivity index (χ2n) is 4.03. The van der Waals surface area contributed by atoms with Gasteiger partial charge in [-0.15, -0.1) is 0 Å². The summed E-state index contributed by atoms with van der Waals surface area (Å²) < 4.78 is 10.5. The van der Waals surface area contributed by atoms with Gasteiger partial charge in [-0.25, -0.2) is 4.79 Å². The molecule has 1 heterocycles. The van der Waals surface area contributed by atoms with Crippen LogP contribution in [0.2, 0.25) is 0 Å². The third-order valence-electron chi connectivity index (χ3n) is 3.03. The molecule has 0 bridgehead atoms. The molecule has 2 aliphatic rings. The first-order valence-corrected chi connectivity index (χ1v) is 5.38. The van der Waals surface area contributed by atoms with E-state index < -0.39 is 0 Å². The van der Waals surface area contributed by atoms with Crippen molar-refractivity contribution in [3.8, 4) is 0 Å². The number of carbonyl (C=O) groups excluding carboxylic acids is 1. The number of fused-ring (bicyclic) bond motifs is 1. The lowest BCUT2D eigenvalue weighted by Gasteiger charge is -2.30. The molecule has 1 aliphatic heterocycles. The zero-order valence-electron chi connectivity index (χ0n) is 9.21. The molecule has 1 atom stereocenters. The van der Waals surface area contributed by atoms with Crippen LogP contribution in [0.3, 0.4) is 0 Å². The normalized spacial score (nSPS) is 25.2. The number of hydrogen-bond donors (Lipinski definition) is 0. The second kappa shape index (κ2) is 4.09. The molecule has 0 amide bonds. The molecule has 0 aromatic rings. The van der Waals surface area contributed by atoms with Crippen molar-refractivity contribution < 1.29 is 14.3 Å². The molecule has 0 N–H and O–H groups in total. The van der Waals surface area contributed by atoms with Crippen molar-refractivity contribution in [3.63, 3.8) is 0 Å². The minimum atomic E-state index is -0.302. The smallest absolute Gasteiger partial charge is 0.341 e. The van der Waals surface area contributed by atoms with E-state index in [2.05, 4.69) is 0 Å². The molecule has 1 aliphatic carbocycles. The highest BCUT2D eigenvalue weighted by atomic mass is 16.5. The van der Waals surface area contributed by atoms with Gasteiger partial charge in [-0.05, 0) is 44.3 Å². The molecular formula is C12H16O3. The standard InChI is InChI=1S/C12H16O3/c1-8-10(12(13)14-2)7-9-5-3-4-6-11(9)15-8/h7,11H,3-6H2,1-2H3. The first-order chi connectivity index (χ1) is 7.22. The van der Waals surface area contributed by atoms with E-state index in [9.17, 15) is 4.79 Å². The van der Waals surface area contributed by atoms with Gasteiger partial charge in [0.25, 0.3) is 0 Å². The van der Waals surface area contributed by atoms with Crippen molar-refractivity contribution in [1.29, 1.82) is 0 Å². The number of hydrogen-bond acceptors (Lipinski definition) is 3. The molecule has 2 rings (SSSR count). The summed E-state index contributed by atoms with van der Waals surface area (Å²) in [4.78, 5) is 11.4. The van der Waals surface area contributed by atoms with Gasteiger partial charge in [0, 0.05) is 0 Å². The molecule has 0 aromatic heterocycles. The Morgan fingerprint density at radius 1 is 1.53 bits per heavy atom. The highest BCUT2D eigenvalue weighted by Crippen LogP contribution is 2.33. The van der Waals surface area contributed by atoms with Gasteiger partial charge in [-0.3, -0.25) is 0 Å². The highest BCUT2D eigenvalue weighted by molar-refractivity contribution is 5.92. The number of esters is 1. The van der Waals surface area contributed by atoms with E-state index >= 15 is 0 Å². The predicted octanol–water partition coefficient (Wildman–Crippen LogP) is 2.33. The van der Waals surface area contributed by atoms with Crippen molar-refractivity contribution in [1.82, 2.24) is 0 Å². The maximum absolute atomic E-state index is 11.4. The number of allylic oxidation sites excluding steroid dienone is 1. The molecule has 0 aromatic carbocycles. The topological polar surface area (TPSA) is 35.5 Å². The number of methoxy groups -OCH3 is 1. The summed E-state index contributed by atoms with van der Waals surface area (Å²) in [5, 5.41) is 0. The average Bonchev–Trinajstić information content (AvgIpc) is 2.27. The van der Waals surface area contributed by atoms with Gasteiger partial charge in [-0.2, -0.15) is 0 Å². The summed E-state index contributed by atoms with van der Waals surface area (Å²) in [6.07, 6.45) is 6.67. The van der Waals surface area contributed by atoms with Gasteiger partial charge in [0.1, 0.15) is 11.9 Å². The van der Waals surface area contributed by atoms with E-state index in [1.54, 1.807) is 0 Å². The summed E-state index contributed by atoms with van der Waals surface area (Å²) in [7, 11) is 1.40. The lowest BCUT2D eigenvalue weighted by molar-refractivity contribution is -0.136. The van der Waals surface area contributed by atoms with Crippen molar-refractivity contribution in [2.75, 3.05) is 7.11 Å². The third kappa shape index (κ3) is 1.91. The Bertz CT molecular complexity index is 339. The van der Waals surface area contributed by atoms with Crippen LogP contribution in [0.25, 0.3) is 0 Å². The van der Waals surface area contributed by atoms with Crippen LogP contribution in [0.5, 0.6) is 0 Å². The van der Waals surface area contributed by atoms with E-state index in [0.29, 0.717) is 11.3 Å². The van der Waals surface area contributed by atoms with Crippen LogP contribution in [-0.4, -0.2) is 19.2 Å². The Morgan fingerprint density at radius 2 is 2.33 bits per heavy atom. The molecule has 15 heavy (non-hydrogen) atoms. The Morgan fingerprint density at radius 3 is 3.07 bits per heavy atom. The van der Waals surface area contributed by atoms with Crippen LogP contribution in [0, 0.1) is 0 Å². The van der Waals surface area contributed by atoms with Crippen LogP contribution in [0.15, 0.2) is 23.0 Å². The highest BCUT2D eigenvalue weighted by Gasteiger charge is 2.27. The van der Waals surface area contributed by atoms with E-state index in [1.165, 1.54) is 25.5 Å². The first-order valence-electron chi connectivity index (χ1n) is 5.38. The van der Waals surface area contributed by atoms with Crippen LogP contribution in [0.4, 0.5) is 0 Å². The molecule has 0 saturated heterocycles. The van der Waals surface area contributed by atoms with Crippen molar-refractivity contribution in [2.24, 2.45) is 0 Å². The largest absolute Gasteiger partial charge is 0.490 e. The summed E-state index contributed by atoms with van der Waals surface area (Å²) in [6, 6.07) is 0. The molecule has 1 saturated carbocycles. The fourth-order valence-electron chi connectivity index (χ4n) is 2.18. The Hall–Kier alpha value is -1.25. The van der Waals surface area contributed by atoms with Crippen LogP contribution in [-0.2, 0) is 14.3 Å². The number of rotatable bonds is 1. The molecule has 82 valence electrons. The SMILES string of the molecule is COC(=O)C1=C(C)OC2CCCCC2=C1. The maximum Gasteiger partial charge on any atom is 0.341 e. The number of ether oxygens (including phenoxy) is 2. The monoisotopic (exact) mass is 208 g/mol. The van der Waals surface area contributed by atoms with E-state index in [0.717, 1.165) is 12.8 Å². The molecule has 1 unspecified atom stereocenters. The summed E-state index contributed by atoms with van der Waals surface area (Å²) in [5.41, 5.74) is 1.82. The van der Waals surface area contributed by atoms with Crippen molar-refractivity contribution in [2.45, 2.75) is 38.7 Å². The fourth-order valence-corrected chi connectivity index (χ4v) is 2.18. The summed E-state index contributed by atoms with van der Waals surface area (Å²) in [5.74, 6) is 0.390. The second-order valence-corrected chi connectivity index (χ2v) is 4.03. The van der Waals surface area contributed by atoms with Gasteiger partial charge in [-0.1, -0.05) is 0 Å². The quantitative estimate of drug-likeness (QED) is 0.620. The minimum absolute atomic E-state index is 0.201. The molecular weight excluding hydrogens is 192 g/mol. The lowest BCUT2D eigenvalue weighted by atomic mass is 9.89. The van der Waals surface area contributed by atoms with Gasteiger partial charge in [0.2, 0.25) is 0 Å². The van der Waals surface area contributed by atoms with Crippen LogP contribution < -0.4 is 0 Å². The first kappa shape index (κ1) is 10.3. The molecule has 1 fully saturated rings. The fraction of sp³-hybridized carbons (Fsp3) is 0.583. The van der Waals surface area contributed by atoms with Gasteiger partial charge in [0.05, 0.1) is 12.7 Å². The molecule has 0 spiro atoms. The Balaban J connectivity index is 2.25. The zero-order chi connectivity index (χ0) is 10.8. The summed E-state index contributed by atoms with van der Waals surface area (Å²) in [6.45, 7) is 1.83. The summed E-state index contributed by atoms with van der Waals surface area (Å²) >= 11 is 0. The maximum atomic E-state index is 11.4. The Kier molecular flexibility index (Phi) is 2.80. The van der Waals surface area contributed by atoms with Crippen molar-refractivity contribution in [3.05, 3.63) is 23.0 Å². The van der Waals surface area contributed by atoms with E-state index in [1.807, 2.05) is 13.0 Å². The zero-order valence-corrected chi connectivity index (χ0v) is 9.21. The van der Waals surface area contributed by atoms with Gasteiger partial charge >= 0.3 is 5.97 Å². The minimum Gasteiger partial charge on any atom is -0.490 e. The van der Waals surface area contributed by atoms with Crippen LogP contribution >= 0.6 is 0 Å². The number of carbonyl (C=O) groups is 1. The molecule has 3 heteroatoms. The third-order valence-corrected chi connectivity index (χ3v) is 3.03. The molecule has 0 radical (unpaired) electrons. The molecule has 3 nitrogen and oxygen atoms in total. The lowest BCUT2D eigenvalue weighted by Crippen LogP contribution is -2.24. The average molecular weight is 208 g/mol. The van der Waals surface area contributed by atoms with Crippen LogP contribution in [0.1, 0.15) is 32.6 Å². The van der Waals surface area contributed by atoms with E-state index in [-0.39, 0.29) is 12.1 Å². The Labute approximate surface area is 89.8 Å². The van der Waals surface area contributed by atoms with Gasteiger partial charge in [0.15, 0.2) is 0 Å².